The molecule has 0 aliphatic heterocycles. The molecule has 4 aromatic rings. The number of amides is 1. The van der Waals surface area contributed by atoms with Crippen LogP contribution in [0.5, 0.6) is 5.75 Å². The first kappa shape index (κ1) is 18.3. The molecule has 28 heavy (non-hydrogen) atoms. The van der Waals surface area contributed by atoms with Crippen molar-refractivity contribution >= 4 is 32.6 Å². The fourth-order valence-corrected chi connectivity index (χ4v) is 4.37. The maximum atomic E-state index is 13.5. The maximum absolute atomic E-state index is 13.5. The number of benzene rings is 2. The van der Waals surface area contributed by atoms with E-state index in [0.29, 0.717) is 28.7 Å². The van der Waals surface area contributed by atoms with Crippen LogP contribution < -0.4 is 9.64 Å². The number of para-hydroxylation sites is 1. The Morgan fingerprint density at radius 2 is 2.00 bits per heavy atom. The minimum atomic E-state index is -0.178. The molecule has 2 aromatic carbocycles. The number of aromatic nitrogens is 1. The monoisotopic (exact) mass is 392 g/mol. The molecular weight excluding hydrogens is 372 g/mol. The van der Waals surface area contributed by atoms with Gasteiger partial charge in [0.1, 0.15) is 11.5 Å². The fraction of sp³-hybridized carbons (Fsp3) is 0.182. The number of hydrogen-bond donors (Lipinski definition) is 0. The molecule has 0 bridgehead atoms. The molecule has 5 nitrogen and oxygen atoms in total. The Kier molecular flexibility index (Phi) is 4.88. The smallest absolute Gasteiger partial charge is 0.264 e. The average molecular weight is 392 g/mol. The number of hydrogen-bond acceptors (Lipinski definition) is 5. The molecule has 2 aromatic heterocycles. The number of anilines is 1. The van der Waals surface area contributed by atoms with Crippen LogP contribution >= 0.6 is 11.3 Å². The van der Waals surface area contributed by atoms with E-state index in [1.165, 1.54) is 16.9 Å². The first-order valence-corrected chi connectivity index (χ1v) is 9.73. The molecule has 0 fully saturated rings. The first-order chi connectivity index (χ1) is 13.6. The lowest BCUT2D eigenvalue weighted by Gasteiger charge is -2.20. The maximum Gasteiger partial charge on any atom is 0.264 e. The summed E-state index contributed by atoms with van der Waals surface area (Å²) in [6.45, 7) is 4.39. The van der Waals surface area contributed by atoms with Gasteiger partial charge >= 0.3 is 0 Å². The second-order valence-corrected chi connectivity index (χ2v) is 7.61. The van der Waals surface area contributed by atoms with Crippen LogP contribution in [0.2, 0.25) is 0 Å². The van der Waals surface area contributed by atoms with E-state index < -0.39 is 0 Å². The van der Waals surface area contributed by atoms with E-state index in [4.69, 9.17) is 14.1 Å². The summed E-state index contributed by atoms with van der Waals surface area (Å²) in [5, 5.41) is 0.635. The van der Waals surface area contributed by atoms with Gasteiger partial charge < -0.3 is 9.15 Å². The molecule has 0 aliphatic carbocycles. The SMILES string of the molecule is COc1ccccc1C(=O)N(Cc1ccco1)c1nc2c(C)cc(C)cc2s1. The van der Waals surface area contributed by atoms with Gasteiger partial charge in [-0.15, -0.1) is 0 Å². The molecule has 0 saturated carbocycles. The lowest BCUT2D eigenvalue weighted by molar-refractivity contribution is 0.0980. The van der Waals surface area contributed by atoms with Crippen LogP contribution in [0, 0.1) is 13.8 Å². The third kappa shape index (κ3) is 3.39. The Morgan fingerprint density at radius 3 is 2.75 bits per heavy atom. The molecule has 142 valence electrons. The highest BCUT2D eigenvalue weighted by atomic mass is 32.1. The molecule has 0 saturated heterocycles. The number of thiazole rings is 1. The second-order valence-electron chi connectivity index (χ2n) is 6.60. The van der Waals surface area contributed by atoms with Gasteiger partial charge in [-0.2, -0.15) is 0 Å². The molecule has 6 heteroatoms. The highest BCUT2D eigenvalue weighted by Gasteiger charge is 2.25. The molecule has 0 unspecified atom stereocenters. The average Bonchev–Trinajstić information content (AvgIpc) is 3.35. The fourth-order valence-electron chi connectivity index (χ4n) is 3.23. The van der Waals surface area contributed by atoms with Gasteiger partial charge in [-0.05, 0) is 55.3 Å². The van der Waals surface area contributed by atoms with Gasteiger partial charge in [0.25, 0.3) is 5.91 Å². The van der Waals surface area contributed by atoms with Crippen molar-refractivity contribution in [3.63, 3.8) is 0 Å². The Morgan fingerprint density at radius 1 is 1.18 bits per heavy atom. The summed E-state index contributed by atoms with van der Waals surface area (Å²) in [5.41, 5.74) is 3.68. The van der Waals surface area contributed by atoms with Gasteiger partial charge in [0.05, 0.1) is 35.7 Å². The number of fused-ring (bicyclic) bond motifs is 1. The number of furan rings is 1. The summed E-state index contributed by atoms with van der Waals surface area (Å²) < 4.78 is 12.0. The van der Waals surface area contributed by atoms with Crippen molar-refractivity contribution in [1.82, 2.24) is 4.98 Å². The van der Waals surface area contributed by atoms with Crippen LogP contribution in [0.4, 0.5) is 5.13 Å². The van der Waals surface area contributed by atoms with Crippen molar-refractivity contribution in [3.8, 4) is 5.75 Å². The van der Waals surface area contributed by atoms with E-state index in [9.17, 15) is 4.79 Å². The Bertz CT molecular complexity index is 1130. The summed E-state index contributed by atoms with van der Waals surface area (Å²) in [6.07, 6.45) is 1.60. The number of carbonyl (C=O) groups is 1. The number of methoxy groups -OCH3 is 1. The first-order valence-electron chi connectivity index (χ1n) is 8.92. The standard InChI is InChI=1S/C22H20N2O3S/c1-14-11-15(2)20-19(12-14)28-22(23-20)24(13-16-7-6-10-27-16)21(25)17-8-4-5-9-18(17)26-3/h4-12H,13H2,1-3H3. The lowest BCUT2D eigenvalue weighted by Crippen LogP contribution is -2.30. The normalized spacial score (nSPS) is 11.0. The summed E-state index contributed by atoms with van der Waals surface area (Å²) in [6, 6.07) is 15.1. The molecule has 4 rings (SSSR count). The zero-order valence-electron chi connectivity index (χ0n) is 15.9. The molecule has 1 amide bonds. The number of aryl methyl sites for hydroxylation is 2. The highest BCUT2D eigenvalue weighted by molar-refractivity contribution is 7.22. The Hall–Kier alpha value is -3.12. The largest absolute Gasteiger partial charge is 0.496 e. The van der Waals surface area contributed by atoms with Crippen molar-refractivity contribution in [2.24, 2.45) is 0 Å². The minimum absolute atomic E-state index is 0.178. The molecule has 0 aliphatic rings. The van der Waals surface area contributed by atoms with E-state index in [2.05, 4.69) is 19.1 Å². The molecule has 0 spiro atoms. The van der Waals surface area contributed by atoms with Crippen LogP contribution in [-0.2, 0) is 6.54 Å². The van der Waals surface area contributed by atoms with E-state index >= 15 is 0 Å². The number of ether oxygens (including phenoxy) is 1. The summed E-state index contributed by atoms with van der Waals surface area (Å²) in [5.74, 6) is 1.04. The van der Waals surface area contributed by atoms with Gasteiger partial charge in [0.2, 0.25) is 0 Å². The van der Waals surface area contributed by atoms with Crippen LogP contribution in [0.1, 0.15) is 27.2 Å². The molecule has 0 radical (unpaired) electrons. The minimum Gasteiger partial charge on any atom is -0.496 e. The zero-order valence-corrected chi connectivity index (χ0v) is 16.7. The third-order valence-corrected chi connectivity index (χ3v) is 5.55. The predicted octanol–water partition coefficient (Wildman–Crippen LogP) is 5.36. The molecule has 2 heterocycles. The topological polar surface area (TPSA) is 55.6 Å². The third-order valence-electron chi connectivity index (χ3n) is 4.53. The Labute approximate surface area is 167 Å². The summed E-state index contributed by atoms with van der Waals surface area (Å²) in [7, 11) is 1.56. The van der Waals surface area contributed by atoms with Gasteiger partial charge in [0, 0.05) is 0 Å². The van der Waals surface area contributed by atoms with Gasteiger partial charge in [-0.3, -0.25) is 9.69 Å². The second kappa shape index (κ2) is 7.48. The predicted molar refractivity (Wildman–Crippen MR) is 111 cm³/mol. The highest BCUT2D eigenvalue weighted by Crippen LogP contribution is 2.34. The quantitative estimate of drug-likeness (QED) is 0.459. The van der Waals surface area contributed by atoms with Gasteiger partial charge in [-0.25, -0.2) is 4.98 Å². The number of carbonyl (C=O) groups excluding carboxylic acids is 1. The lowest BCUT2D eigenvalue weighted by atomic mass is 10.1. The molecule has 0 atom stereocenters. The van der Waals surface area contributed by atoms with Crippen LogP contribution in [0.25, 0.3) is 10.2 Å². The van der Waals surface area contributed by atoms with Crippen LogP contribution in [0.15, 0.2) is 59.2 Å². The summed E-state index contributed by atoms with van der Waals surface area (Å²) >= 11 is 1.50. The van der Waals surface area contributed by atoms with Crippen LogP contribution in [-0.4, -0.2) is 18.0 Å². The van der Waals surface area contributed by atoms with E-state index in [-0.39, 0.29) is 5.91 Å². The van der Waals surface area contributed by atoms with Gasteiger partial charge in [-0.1, -0.05) is 29.5 Å². The molecular formula is C22H20N2O3S. The zero-order chi connectivity index (χ0) is 19.7. The van der Waals surface area contributed by atoms with Crippen molar-refractivity contribution in [3.05, 3.63) is 77.2 Å². The van der Waals surface area contributed by atoms with E-state index in [0.717, 1.165) is 15.8 Å². The van der Waals surface area contributed by atoms with Crippen molar-refractivity contribution < 1.29 is 13.9 Å². The van der Waals surface area contributed by atoms with Gasteiger partial charge in [0.15, 0.2) is 5.13 Å². The Balaban J connectivity index is 1.82. The van der Waals surface area contributed by atoms with Crippen molar-refractivity contribution in [1.29, 1.82) is 0 Å². The van der Waals surface area contributed by atoms with Crippen LogP contribution in [0.3, 0.4) is 0 Å². The van der Waals surface area contributed by atoms with E-state index in [1.54, 1.807) is 30.4 Å². The summed E-state index contributed by atoms with van der Waals surface area (Å²) in [4.78, 5) is 19.9. The number of rotatable bonds is 5. The molecule has 0 N–H and O–H groups in total. The van der Waals surface area contributed by atoms with E-state index in [1.807, 2.05) is 31.2 Å². The number of nitrogens with zero attached hydrogens (tertiary/aromatic N) is 2. The van der Waals surface area contributed by atoms with Crippen molar-refractivity contribution in [2.75, 3.05) is 12.0 Å². The van der Waals surface area contributed by atoms with Crippen molar-refractivity contribution in [2.45, 2.75) is 20.4 Å².